The molecule has 0 aromatic heterocycles. The molecule has 6 heteroatoms. The maximum atomic E-state index is 13.6. The van der Waals surface area contributed by atoms with Gasteiger partial charge in [0.2, 0.25) is 10.0 Å². The molecule has 3 aromatic rings. The molecule has 0 radical (unpaired) electrons. The van der Waals surface area contributed by atoms with Gasteiger partial charge in [-0.05, 0) is 42.3 Å². The summed E-state index contributed by atoms with van der Waals surface area (Å²) in [7, 11) is -3.72. The second-order valence-corrected chi connectivity index (χ2v) is 8.90. The van der Waals surface area contributed by atoms with Crippen LogP contribution in [-0.4, -0.2) is 27.7 Å². The molecule has 0 spiro atoms. The molecule has 5 nitrogen and oxygen atoms in total. The molecular formula is C23H23NO4S. The molecule has 0 saturated carbocycles. The van der Waals surface area contributed by atoms with Crippen LogP contribution >= 0.6 is 0 Å². The van der Waals surface area contributed by atoms with E-state index in [-0.39, 0.29) is 11.9 Å². The largest absolute Gasteiger partial charge is 0.489 e. The second-order valence-electron chi connectivity index (χ2n) is 7.08. The summed E-state index contributed by atoms with van der Waals surface area (Å²) < 4.78 is 39.7. The van der Waals surface area contributed by atoms with E-state index in [0.717, 1.165) is 11.1 Å². The number of hydrogen-bond donors (Lipinski definition) is 0. The van der Waals surface area contributed by atoms with Gasteiger partial charge in [0.15, 0.2) is 0 Å². The second kappa shape index (κ2) is 8.27. The Labute approximate surface area is 171 Å². The van der Waals surface area contributed by atoms with Crippen LogP contribution in [0, 0.1) is 6.92 Å². The molecular weight excluding hydrogens is 386 g/mol. The highest BCUT2D eigenvalue weighted by atomic mass is 32.2. The van der Waals surface area contributed by atoms with Crippen LogP contribution in [0.3, 0.4) is 0 Å². The Hall–Kier alpha value is -2.83. The van der Waals surface area contributed by atoms with Gasteiger partial charge in [-0.15, -0.1) is 0 Å². The predicted molar refractivity (Wildman–Crippen MR) is 114 cm³/mol. The minimum Gasteiger partial charge on any atom is -0.489 e. The minimum absolute atomic E-state index is 0.0789. The Balaban J connectivity index is 1.78. The van der Waals surface area contributed by atoms with Crippen molar-refractivity contribution >= 4 is 21.4 Å². The number of benzene rings is 3. The molecule has 3 aromatic carbocycles. The van der Waals surface area contributed by atoms with Gasteiger partial charge in [-0.25, -0.2) is 12.7 Å². The monoisotopic (exact) mass is 409 g/mol. The maximum absolute atomic E-state index is 13.6. The molecule has 1 atom stereocenters. The first-order chi connectivity index (χ1) is 14.0. The van der Waals surface area contributed by atoms with E-state index in [1.54, 1.807) is 12.1 Å². The van der Waals surface area contributed by atoms with Crippen molar-refractivity contribution < 1.29 is 17.9 Å². The molecule has 150 valence electrons. The van der Waals surface area contributed by atoms with Crippen LogP contribution in [0.25, 0.3) is 0 Å². The van der Waals surface area contributed by atoms with E-state index in [0.29, 0.717) is 30.3 Å². The van der Waals surface area contributed by atoms with E-state index in [4.69, 9.17) is 9.47 Å². The van der Waals surface area contributed by atoms with Crippen LogP contribution in [0.1, 0.15) is 11.1 Å². The molecule has 1 aliphatic rings. The Kier molecular flexibility index (Phi) is 5.56. The molecule has 0 amide bonds. The van der Waals surface area contributed by atoms with Gasteiger partial charge in [0, 0.05) is 0 Å². The van der Waals surface area contributed by atoms with Crippen molar-refractivity contribution in [3.8, 4) is 5.75 Å². The van der Waals surface area contributed by atoms with E-state index >= 15 is 0 Å². The summed E-state index contributed by atoms with van der Waals surface area (Å²) >= 11 is 0. The van der Waals surface area contributed by atoms with Crippen LogP contribution in [0.15, 0.2) is 78.9 Å². The van der Waals surface area contributed by atoms with E-state index in [2.05, 4.69) is 0 Å². The van der Waals surface area contributed by atoms with Crippen LogP contribution in [0.4, 0.5) is 11.4 Å². The number of nitrogens with zero attached hydrogens (tertiary/aromatic N) is 1. The number of sulfonamides is 1. The molecule has 4 rings (SSSR count). The number of hydrogen-bond acceptors (Lipinski definition) is 4. The number of epoxide rings is 1. The Morgan fingerprint density at radius 3 is 2.31 bits per heavy atom. The van der Waals surface area contributed by atoms with Crippen molar-refractivity contribution in [1.29, 1.82) is 0 Å². The third kappa shape index (κ3) is 4.78. The van der Waals surface area contributed by atoms with Gasteiger partial charge in [-0.3, -0.25) is 0 Å². The van der Waals surface area contributed by atoms with Crippen molar-refractivity contribution in [3.63, 3.8) is 0 Å². The lowest BCUT2D eigenvalue weighted by Crippen LogP contribution is -2.28. The molecule has 1 fully saturated rings. The zero-order chi connectivity index (χ0) is 20.3. The van der Waals surface area contributed by atoms with Gasteiger partial charge in [0.1, 0.15) is 18.5 Å². The molecule has 1 unspecified atom stereocenters. The first kappa shape index (κ1) is 19.5. The molecule has 0 aliphatic carbocycles. The van der Waals surface area contributed by atoms with Gasteiger partial charge in [0.05, 0.1) is 23.7 Å². The highest BCUT2D eigenvalue weighted by Crippen LogP contribution is 2.38. The maximum Gasteiger partial charge on any atom is 0.243 e. The summed E-state index contributed by atoms with van der Waals surface area (Å²) in [6.45, 7) is 3.01. The Bertz CT molecular complexity index is 1060. The summed E-state index contributed by atoms with van der Waals surface area (Å²) in [5.74, 6) is 0.411. The average molecular weight is 410 g/mol. The molecule has 0 bridgehead atoms. The fourth-order valence-electron chi connectivity index (χ4n) is 3.12. The summed E-state index contributed by atoms with van der Waals surface area (Å²) in [5, 5.41) is 0. The van der Waals surface area contributed by atoms with Crippen LogP contribution < -0.4 is 9.04 Å². The smallest absolute Gasteiger partial charge is 0.243 e. The predicted octanol–water partition coefficient (Wildman–Crippen LogP) is 4.44. The summed E-state index contributed by atoms with van der Waals surface area (Å²) in [4.78, 5) is 0. The number of anilines is 2. The quantitative estimate of drug-likeness (QED) is 0.516. The number of para-hydroxylation sites is 1. The lowest BCUT2D eigenvalue weighted by molar-refractivity contribution is 0.264. The number of rotatable bonds is 8. The number of ether oxygens (including phenoxy) is 2. The fourth-order valence-corrected chi connectivity index (χ4v) is 4.75. The SMILES string of the molecule is Cc1ccc(OCC2CO2)c(N(c2ccccc2)S(=O)(=O)Cc2ccccc2)c1. The highest BCUT2D eigenvalue weighted by Gasteiger charge is 2.29. The molecule has 29 heavy (non-hydrogen) atoms. The van der Waals surface area contributed by atoms with Crippen molar-refractivity contribution in [2.24, 2.45) is 0 Å². The first-order valence-corrected chi connectivity index (χ1v) is 11.1. The lowest BCUT2D eigenvalue weighted by atomic mass is 10.2. The molecule has 1 saturated heterocycles. The van der Waals surface area contributed by atoms with Crippen LogP contribution in [0.5, 0.6) is 5.75 Å². The van der Waals surface area contributed by atoms with Gasteiger partial charge in [-0.2, -0.15) is 0 Å². The van der Waals surface area contributed by atoms with Crippen LogP contribution in [-0.2, 0) is 20.5 Å². The molecule has 1 aliphatic heterocycles. The average Bonchev–Trinajstić information content (AvgIpc) is 3.53. The van der Waals surface area contributed by atoms with Crippen molar-refractivity contribution in [3.05, 3.63) is 90.0 Å². The summed E-state index contributed by atoms with van der Waals surface area (Å²) in [5.41, 5.74) is 2.76. The summed E-state index contributed by atoms with van der Waals surface area (Å²) in [6.07, 6.45) is 0.0789. The number of aryl methyl sites for hydroxylation is 1. The zero-order valence-corrected chi connectivity index (χ0v) is 17.0. The van der Waals surface area contributed by atoms with Gasteiger partial charge in [-0.1, -0.05) is 54.6 Å². The van der Waals surface area contributed by atoms with Crippen molar-refractivity contribution in [1.82, 2.24) is 0 Å². The summed E-state index contributed by atoms with van der Waals surface area (Å²) in [6, 6.07) is 23.9. The van der Waals surface area contributed by atoms with E-state index < -0.39 is 10.0 Å². The topological polar surface area (TPSA) is 59.1 Å². The fraction of sp³-hybridized carbons (Fsp3) is 0.217. The first-order valence-electron chi connectivity index (χ1n) is 9.50. The standard InChI is InChI=1S/C23H23NO4S/c1-18-12-13-23(28-16-21-15-27-21)22(14-18)24(20-10-6-3-7-11-20)29(25,26)17-19-8-4-2-5-9-19/h2-14,21H,15-17H2,1H3. The van der Waals surface area contributed by atoms with E-state index in [1.807, 2.05) is 73.7 Å². The minimum atomic E-state index is -3.72. The Morgan fingerprint density at radius 2 is 1.66 bits per heavy atom. The van der Waals surface area contributed by atoms with Crippen molar-refractivity contribution in [2.75, 3.05) is 17.5 Å². The normalized spacial score (nSPS) is 15.7. The third-order valence-electron chi connectivity index (χ3n) is 4.62. The molecule has 0 N–H and O–H groups in total. The van der Waals surface area contributed by atoms with E-state index in [9.17, 15) is 8.42 Å². The van der Waals surface area contributed by atoms with Gasteiger partial charge in [0.25, 0.3) is 0 Å². The van der Waals surface area contributed by atoms with Crippen LogP contribution in [0.2, 0.25) is 0 Å². The molecule has 1 heterocycles. The van der Waals surface area contributed by atoms with E-state index in [1.165, 1.54) is 4.31 Å². The van der Waals surface area contributed by atoms with Gasteiger partial charge >= 0.3 is 0 Å². The van der Waals surface area contributed by atoms with Gasteiger partial charge < -0.3 is 9.47 Å². The highest BCUT2D eigenvalue weighted by molar-refractivity contribution is 7.92. The zero-order valence-electron chi connectivity index (χ0n) is 16.2. The third-order valence-corrected chi connectivity index (χ3v) is 6.28. The lowest BCUT2D eigenvalue weighted by Gasteiger charge is -2.27. The Morgan fingerprint density at radius 1 is 1.00 bits per heavy atom. The van der Waals surface area contributed by atoms with Crippen molar-refractivity contribution in [2.45, 2.75) is 18.8 Å².